The van der Waals surface area contributed by atoms with Crippen LogP contribution >= 0.6 is 0 Å². The molecule has 1 aliphatic heterocycles. The Balaban J connectivity index is 1.83. The SMILES string of the molecule is CCc1ccc2c(c1)C[C@H](CCNC(C)C)[C@@H](c1ccccc1)N2. The molecule has 0 unspecified atom stereocenters. The molecule has 2 heteroatoms. The average Bonchev–Trinajstić information content (AvgIpc) is 2.61. The number of hydrogen-bond acceptors (Lipinski definition) is 2. The van der Waals surface area contributed by atoms with E-state index < -0.39 is 0 Å². The maximum Gasteiger partial charge on any atom is 0.0545 e. The number of nitrogens with one attached hydrogen (secondary N) is 2. The van der Waals surface area contributed by atoms with E-state index >= 15 is 0 Å². The van der Waals surface area contributed by atoms with Crippen LogP contribution in [-0.2, 0) is 12.8 Å². The molecule has 0 spiro atoms. The van der Waals surface area contributed by atoms with Crippen LogP contribution in [0.2, 0.25) is 0 Å². The highest BCUT2D eigenvalue weighted by molar-refractivity contribution is 5.57. The standard InChI is InChI=1S/C22H30N2/c1-4-17-10-11-21-20(14-17)15-19(12-13-23-16(2)3)22(24-21)18-8-6-5-7-9-18/h5-11,14,16,19,22-24H,4,12-13,15H2,1-3H3/t19-,22+/m0/s1. The summed E-state index contributed by atoms with van der Waals surface area (Å²) in [6.07, 6.45) is 3.46. The minimum Gasteiger partial charge on any atom is -0.378 e. The Kier molecular flexibility index (Phi) is 5.57. The number of rotatable bonds is 6. The number of aryl methyl sites for hydroxylation is 1. The molecule has 2 atom stereocenters. The third kappa shape index (κ3) is 3.99. The first-order chi connectivity index (χ1) is 11.7. The summed E-state index contributed by atoms with van der Waals surface area (Å²) in [6.45, 7) is 7.75. The summed E-state index contributed by atoms with van der Waals surface area (Å²) in [5, 5.41) is 7.41. The molecule has 0 aliphatic carbocycles. The fraction of sp³-hybridized carbons (Fsp3) is 0.455. The fourth-order valence-electron chi connectivity index (χ4n) is 3.70. The molecule has 1 heterocycles. The third-order valence-electron chi connectivity index (χ3n) is 5.07. The number of fused-ring (bicyclic) bond motifs is 1. The van der Waals surface area contributed by atoms with Crippen LogP contribution in [0.5, 0.6) is 0 Å². The van der Waals surface area contributed by atoms with Crippen LogP contribution < -0.4 is 10.6 Å². The van der Waals surface area contributed by atoms with E-state index in [1.54, 1.807) is 0 Å². The first-order valence-electron chi connectivity index (χ1n) is 9.34. The van der Waals surface area contributed by atoms with Gasteiger partial charge in [-0.25, -0.2) is 0 Å². The Hall–Kier alpha value is -1.80. The Morgan fingerprint density at radius 1 is 1.12 bits per heavy atom. The Morgan fingerprint density at radius 3 is 2.62 bits per heavy atom. The van der Waals surface area contributed by atoms with Crippen molar-refractivity contribution in [1.29, 1.82) is 0 Å². The molecular formula is C22H30N2. The molecule has 24 heavy (non-hydrogen) atoms. The predicted molar refractivity (Wildman–Crippen MR) is 104 cm³/mol. The third-order valence-corrected chi connectivity index (χ3v) is 5.07. The normalized spacial score (nSPS) is 19.8. The summed E-state index contributed by atoms with van der Waals surface area (Å²) < 4.78 is 0. The van der Waals surface area contributed by atoms with Gasteiger partial charge in [-0.1, -0.05) is 63.2 Å². The van der Waals surface area contributed by atoms with E-state index in [0.29, 0.717) is 18.0 Å². The van der Waals surface area contributed by atoms with Gasteiger partial charge in [0.25, 0.3) is 0 Å². The lowest BCUT2D eigenvalue weighted by atomic mass is 9.81. The zero-order valence-electron chi connectivity index (χ0n) is 15.2. The van der Waals surface area contributed by atoms with Crippen LogP contribution in [0.15, 0.2) is 48.5 Å². The molecule has 3 rings (SSSR count). The first-order valence-corrected chi connectivity index (χ1v) is 9.34. The van der Waals surface area contributed by atoms with Gasteiger partial charge in [0.05, 0.1) is 6.04 Å². The second-order valence-electron chi connectivity index (χ2n) is 7.24. The van der Waals surface area contributed by atoms with Gasteiger partial charge in [0.15, 0.2) is 0 Å². The van der Waals surface area contributed by atoms with Gasteiger partial charge in [-0.05, 0) is 54.5 Å². The van der Waals surface area contributed by atoms with E-state index in [0.717, 1.165) is 19.4 Å². The van der Waals surface area contributed by atoms with E-state index in [1.807, 2.05) is 0 Å². The van der Waals surface area contributed by atoms with Crippen molar-refractivity contribution in [1.82, 2.24) is 5.32 Å². The Morgan fingerprint density at radius 2 is 1.92 bits per heavy atom. The van der Waals surface area contributed by atoms with E-state index in [9.17, 15) is 0 Å². The summed E-state index contributed by atoms with van der Waals surface area (Å²) in [6, 6.07) is 18.8. The Bertz CT molecular complexity index is 648. The minimum atomic E-state index is 0.403. The average molecular weight is 322 g/mol. The monoisotopic (exact) mass is 322 g/mol. The highest BCUT2D eigenvalue weighted by atomic mass is 15.0. The zero-order valence-corrected chi connectivity index (χ0v) is 15.2. The molecule has 0 bridgehead atoms. The van der Waals surface area contributed by atoms with Crippen LogP contribution in [0.3, 0.4) is 0 Å². The van der Waals surface area contributed by atoms with E-state index in [2.05, 4.69) is 79.9 Å². The van der Waals surface area contributed by atoms with Crippen molar-refractivity contribution < 1.29 is 0 Å². The first kappa shape index (κ1) is 17.0. The summed E-state index contributed by atoms with van der Waals surface area (Å²) >= 11 is 0. The van der Waals surface area contributed by atoms with Crippen molar-refractivity contribution >= 4 is 5.69 Å². The molecule has 0 saturated heterocycles. The fourth-order valence-corrected chi connectivity index (χ4v) is 3.70. The van der Waals surface area contributed by atoms with Crippen LogP contribution in [0.25, 0.3) is 0 Å². The van der Waals surface area contributed by atoms with Gasteiger partial charge in [-0.3, -0.25) is 0 Å². The van der Waals surface area contributed by atoms with Crippen molar-refractivity contribution in [3.63, 3.8) is 0 Å². The molecule has 0 fully saturated rings. The highest BCUT2D eigenvalue weighted by Crippen LogP contribution is 2.38. The molecule has 2 nitrogen and oxygen atoms in total. The molecule has 0 radical (unpaired) electrons. The maximum atomic E-state index is 3.83. The molecule has 2 aromatic rings. The second kappa shape index (κ2) is 7.85. The highest BCUT2D eigenvalue weighted by Gasteiger charge is 2.28. The quantitative estimate of drug-likeness (QED) is 0.785. The van der Waals surface area contributed by atoms with Crippen LogP contribution in [0.1, 0.15) is 49.9 Å². The van der Waals surface area contributed by atoms with Crippen LogP contribution in [-0.4, -0.2) is 12.6 Å². The Labute approximate surface area is 146 Å². The van der Waals surface area contributed by atoms with Crippen LogP contribution in [0, 0.1) is 5.92 Å². The largest absolute Gasteiger partial charge is 0.378 e. The molecular weight excluding hydrogens is 292 g/mol. The molecule has 0 amide bonds. The maximum absolute atomic E-state index is 3.83. The zero-order chi connectivity index (χ0) is 16.9. The van der Waals surface area contributed by atoms with Crippen molar-refractivity contribution in [2.24, 2.45) is 5.92 Å². The van der Waals surface area contributed by atoms with E-state index in [-0.39, 0.29) is 0 Å². The summed E-state index contributed by atoms with van der Waals surface area (Å²) in [4.78, 5) is 0. The molecule has 1 aliphatic rings. The van der Waals surface area contributed by atoms with Gasteiger partial charge in [0.1, 0.15) is 0 Å². The lowest BCUT2D eigenvalue weighted by Crippen LogP contribution is -2.32. The summed E-state index contributed by atoms with van der Waals surface area (Å²) in [5.74, 6) is 0.623. The van der Waals surface area contributed by atoms with E-state index in [4.69, 9.17) is 0 Å². The van der Waals surface area contributed by atoms with Gasteiger partial charge < -0.3 is 10.6 Å². The molecule has 128 valence electrons. The molecule has 0 aromatic heterocycles. The molecule has 0 saturated carbocycles. The van der Waals surface area contributed by atoms with Gasteiger partial charge in [-0.2, -0.15) is 0 Å². The second-order valence-corrected chi connectivity index (χ2v) is 7.24. The van der Waals surface area contributed by atoms with Crippen molar-refractivity contribution in [3.05, 3.63) is 65.2 Å². The van der Waals surface area contributed by atoms with Crippen molar-refractivity contribution in [2.45, 2.75) is 52.1 Å². The lowest BCUT2D eigenvalue weighted by molar-refractivity contribution is 0.389. The van der Waals surface area contributed by atoms with Crippen LogP contribution in [0.4, 0.5) is 5.69 Å². The number of hydrogen-bond donors (Lipinski definition) is 2. The lowest BCUT2D eigenvalue weighted by Gasteiger charge is -2.36. The smallest absolute Gasteiger partial charge is 0.0545 e. The minimum absolute atomic E-state index is 0.403. The number of anilines is 1. The van der Waals surface area contributed by atoms with Gasteiger partial charge >= 0.3 is 0 Å². The van der Waals surface area contributed by atoms with Gasteiger partial charge in [0, 0.05) is 11.7 Å². The van der Waals surface area contributed by atoms with Gasteiger partial charge in [-0.15, -0.1) is 0 Å². The molecule has 2 N–H and O–H groups in total. The topological polar surface area (TPSA) is 24.1 Å². The van der Waals surface area contributed by atoms with Crippen molar-refractivity contribution in [3.8, 4) is 0 Å². The van der Waals surface area contributed by atoms with Crippen molar-refractivity contribution in [2.75, 3.05) is 11.9 Å². The van der Waals surface area contributed by atoms with Gasteiger partial charge in [0.2, 0.25) is 0 Å². The summed E-state index contributed by atoms with van der Waals surface area (Å²) in [5.41, 5.74) is 5.63. The predicted octanol–water partition coefficient (Wildman–Crippen LogP) is 4.96. The van der Waals surface area contributed by atoms with E-state index in [1.165, 1.54) is 28.8 Å². The number of benzene rings is 2. The summed E-state index contributed by atoms with van der Waals surface area (Å²) in [7, 11) is 0. The molecule has 2 aromatic carbocycles.